The monoisotopic (exact) mass is 319 g/mol. The third-order valence-corrected chi connectivity index (χ3v) is 3.08. The van der Waals surface area contributed by atoms with Crippen LogP contribution in [0.4, 0.5) is 0 Å². The zero-order chi connectivity index (χ0) is 10.1. The van der Waals surface area contributed by atoms with Crippen molar-refractivity contribution in [3.05, 3.63) is 33.1 Å². The number of fused-ring (bicyclic) bond motifs is 1. The van der Waals surface area contributed by atoms with Crippen LogP contribution in [0, 0.1) is 3.70 Å². The minimum Gasteiger partial charge on any atom is -0.494 e. The molecule has 1 aromatic heterocycles. The van der Waals surface area contributed by atoms with Gasteiger partial charge in [0, 0.05) is 15.8 Å². The van der Waals surface area contributed by atoms with Crippen LogP contribution in [0.3, 0.4) is 0 Å². The topological polar surface area (TPSA) is 22.1 Å². The highest BCUT2D eigenvalue weighted by Crippen LogP contribution is 2.29. The molecule has 2 nitrogen and oxygen atoms in total. The van der Waals surface area contributed by atoms with Crippen molar-refractivity contribution in [1.29, 1.82) is 0 Å². The smallest absolute Gasteiger partial charge is 0.145 e. The number of pyridine rings is 1. The second-order valence-electron chi connectivity index (χ2n) is 2.81. The van der Waals surface area contributed by atoms with E-state index in [0.29, 0.717) is 5.02 Å². The highest BCUT2D eigenvalue weighted by Gasteiger charge is 2.05. The number of halogens is 2. The minimum absolute atomic E-state index is 0.713. The molecule has 72 valence electrons. The number of ether oxygens (including phenoxy) is 1. The molecule has 14 heavy (non-hydrogen) atoms. The lowest BCUT2D eigenvalue weighted by molar-refractivity contribution is 0.418. The Morgan fingerprint density at radius 1 is 1.36 bits per heavy atom. The van der Waals surface area contributed by atoms with Gasteiger partial charge in [-0.2, -0.15) is 0 Å². The van der Waals surface area contributed by atoms with Crippen molar-refractivity contribution in [3.8, 4) is 5.75 Å². The Kier molecular flexibility index (Phi) is 2.78. The molecule has 1 aromatic carbocycles. The number of rotatable bonds is 1. The van der Waals surface area contributed by atoms with Crippen LogP contribution in [0.2, 0.25) is 5.02 Å². The van der Waals surface area contributed by atoms with Crippen LogP contribution in [0.15, 0.2) is 24.4 Å². The van der Waals surface area contributed by atoms with Crippen LogP contribution in [0.25, 0.3) is 10.8 Å². The van der Waals surface area contributed by atoms with E-state index in [-0.39, 0.29) is 0 Å². The van der Waals surface area contributed by atoms with Crippen molar-refractivity contribution < 1.29 is 4.74 Å². The van der Waals surface area contributed by atoms with Crippen LogP contribution >= 0.6 is 34.2 Å². The number of benzene rings is 1. The average molecular weight is 320 g/mol. The highest BCUT2D eigenvalue weighted by molar-refractivity contribution is 14.1. The molecule has 0 aliphatic carbocycles. The summed E-state index contributed by atoms with van der Waals surface area (Å²) in [5.74, 6) is 0.775. The Labute approximate surface area is 100 Å². The summed E-state index contributed by atoms with van der Waals surface area (Å²) in [6.45, 7) is 0. The maximum absolute atomic E-state index is 5.91. The first kappa shape index (κ1) is 9.98. The molecule has 0 bridgehead atoms. The van der Waals surface area contributed by atoms with Crippen LogP contribution in [-0.2, 0) is 0 Å². The van der Waals surface area contributed by atoms with Crippen molar-refractivity contribution in [2.45, 2.75) is 0 Å². The van der Waals surface area contributed by atoms with E-state index in [0.717, 1.165) is 20.2 Å². The maximum Gasteiger partial charge on any atom is 0.145 e. The maximum atomic E-state index is 5.91. The van der Waals surface area contributed by atoms with Gasteiger partial charge >= 0.3 is 0 Å². The SMILES string of the molecule is COc1cnc(I)c2cc(Cl)ccc12. The van der Waals surface area contributed by atoms with Gasteiger partial charge in [0.25, 0.3) is 0 Å². The summed E-state index contributed by atoms with van der Waals surface area (Å²) >= 11 is 8.10. The van der Waals surface area contributed by atoms with Gasteiger partial charge in [-0.3, -0.25) is 0 Å². The lowest BCUT2D eigenvalue weighted by Crippen LogP contribution is -1.89. The van der Waals surface area contributed by atoms with E-state index in [2.05, 4.69) is 27.6 Å². The molecule has 0 radical (unpaired) electrons. The van der Waals surface area contributed by atoms with E-state index < -0.39 is 0 Å². The van der Waals surface area contributed by atoms with Crippen LogP contribution in [0.5, 0.6) is 5.75 Å². The number of methoxy groups -OCH3 is 1. The van der Waals surface area contributed by atoms with E-state index in [4.69, 9.17) is 16.3 Å². The fourth-order valence-corrected chi connectivity index (χ4v) is 2.08. The minimum atomic E-state index is 0.713. The summed E-state index contributed by atoms with van der Waals surface area (Å²) in [5, 5.41) is 2.78. The van der Waals surface area contributed by atoms with Crippen LogP contribution < -0.4 is 4.74 Å². The van der Waals surface area contributed by atoms with E-state index >= 15 is 0 Å². The summed E-state index contributed by atoms with van der Waals surface area (Å²) in [5.41, 5.74) is 0. The molecule has 0 spiro atoms. The second-order valence-corrected chi connectivity index (χ2v) is 4.27. The molecule has 0 unspecified atom stereocenters. The zero-order valence-corrected chi connectivity index (χ0v) is 10.3. The fraction of sp³-hybridized carbons (Fsp3) is 0.100. The molecular formula is C10H7ClINO. The lowest BCUT2D eigenvalue weighted by Gasteiger charge is -2.06. The van der Waals surface area contributed by atoms with Gasteiger partial charge in [-0.05, 0) is 40.8 Å². The Balaban J connectivity index is 2.84. The van der Waals surface area contributed by atoms with E-state index in [9.17, 15) is 0 Å². The van der Waals surface area contributed by atoms with Crippen molar-refractivity contribution >= 4 is 45.0 Å². The predicted octanol–water partition coefficient (Wildman–Crippen LogP) is 3.50. The third kappa shape index (κ3) is 1.66. The summed E-state index contributed by atoms with van der Waals surface area (Å²) in [6, 6.07) is 5.69. The fourth-order valence-electron chi connectivity index (χ4n) is 1.32. The van der Waals surface area contributed by atoms with Gasteiger partial charge in [0.1, 0.15) is 9.45 Å². The lowest BCUT2D eigenvalue weighted by atomic mass is 10.2. The molecule has 0 atom stereocenters. The number of hydrogen-bond donors (Lipinski definition) is 0. The van der Waals surface area contributed by atoms with E-state index in [1.165, 1.54) is 0 Å². The average Bonchev–Trinajstić information content (AvgIpc) is 2.19. The van der Waals surface area contributed by atoms with Gasteiger partial charge in [-0.1, -0.05) is 11.6 Å². The van der Waals surface area contributed by atoms with Gasteiger partial charge in [-0.25, -0.2) is 4.98 Å². The first-order valence-electron chi connectivity index (χ1n) is 4.00. The van der Waals surface area contributed by atoms with Crippen LogP contribution in [-0.4, -0.2) is 12.1 Å². The second kappa shape index (κ2) is 3.90. The standard InChI is InChI=1S/C10H7ClINO/c1-14-9-5-13-10(12)8-4-6(11)2-3-7(8)9/h2-5H,1H3. The molecule has 0 amide bonds. The Morgan fingerprint density at radius 2 is 2.14 bits per heavy atom. The van der Waals surface area contributed by atoms with Gasteiger partial charge < -0.3 is 4.74 Å². The summed E-state index contributed by atoms with van der Waals surface area (Å²) in [4.78, 5) is 4.22. The molecule has 1 heterocycles. The van der Waals surface area contributed by atoms with Gasteiger partial charge in [0.15, 0.2) is 0 Å². The molecule has 0 aliphatic rings. The molecule has 2 rings (SSSR count). The molecule has 0 saturated heterocycles. The Bertz CT molecular complexity index is 487. The van der Waals surface area contributed by atoms with E-state index in [1.54, 1.807) is 13.3 Å². The quantitative estimate of drug-likeness (QED) is 0.593. The normalized spacial score (nSPS) is 10.5. The molecule has 0 N–H and O–H groups in total. The molecule has 0 saturated carbocycles. The molecule has 0 aliphatic heterocycles. The Hall–Kier alpha value is -0.550. The first-order valence-corrected chi connectivity index (χ1v) is 5.46. The summed E-state index contributed by atoms with van der Waals surface area (Å²) < 4.78 is 6.14. The predicted molar refractivity (Wildman–Crippen MR) is 66.0 cm³/mol. The summed E-state index contributed by atoms with van der Waals surface area (Å²) in [6.07, 6.45) is 1.72. The molecule has 4 heteroatoms. The van der Waals surface area contributed by atoms with Crippen molar-refractivity contribution in [1.82, 2.24) is 4.98 Å². The largest absolute Gasteiger partial charge is 0.494 e. The van der Waals surface area contributed by atoms with Crippen molar-refractivity contribution in [3.63, 3.8) is 0 Å². The van der Waals surface area contributed by atoms with Gasteiger partial charge in [0.05, 0.1) is 13.3 Å². The first-order chi connectivity index (χ1) is 6.72. The number of hydrogen-bond acceptors (Lipinski definition) is 2. The Morgan fingerprint density at radius 3 is 2.86 bits per heavy atom. The molecule has 0 fully saturated rings. The highest BCUT2D eigenvalue weighted by atomic mass is 127. The third-order valence-electron chi connectivity index (χ3n) is 1.98. The zero-order valence-electron chi connectivity index (χ0n) is 7.42. The van der Waals surface area contributed by atoms with Crippen molar-refractivity contribution in [2.75, 3.05) is 7.11 Å². The number of nitrogens with zero attached hydrogens (tertiary/aromatic N) is 1. The number of aromatic nitrogens is 1. The summed E-state index contributed by atoms with van der Waals surface area (Å²) in [7, 11) is 1.64. The molecule has 2 aromatic rings. The van der Waals surface area contributed by atoms with Crippen molar-refractivity contribution in [2.24, 2.45) is 0 Å². The molecular weight excluding hydrogens is 312 g/mol. The van der Waals surface area contributed by atoms with Gasteiger partial charge in [-0.15, -0.1) is 0 Å². The van der Waals surface area contributed by atoms with Gasteiger partial charge in [0.2, 0.25) is 0 Å². The van der Waals surface area contributed by atoms with Crippen LogP contribution in [0.1, 0.15) is 0 Å². The van der Waals surface area contributed by atoms with E-state index in [1.807, 2.05) is 18.2 Å².